The van der Waals surface area contributed by atoms with Crippen molar-refractivity contribution in [1.82, 2.24) is 0 Å². The maximum atomic E-state index is 12.3. The molecule has 0 radical (unpaired) electrons. The lowest BCUT2D eigenvalue weighted by atomic mass is 9.63. The molecule has 0 saturated heterocycles. The Bertz CT molecular complexity index is 482. The monoisotopic (exact) mass is 288 g/mol. The predicted molar refractivity (Wildman–Crippen MR) is 80.8 cm³/mol. The number of aliphatic hydroxyl groups is 1. The Morgan fingerprint density at radius 2 is 1.95 bits per heavy atom. The number of carbonyl (C=O) groups is 1. The van der Waals surface area contributed by atoms with Gasteiger partial charge in [-0.2, -0.15) is 0 Å². The summed E-state index contributed by atoms with van der Waals surface area (Å²) in [5, 5.41) is 9.67. The molecule has 1 aromatic carbocycles. The molecule has 21 heavy (non-hydrogen) atoms. The van der Waals surface area contributed by atoms with Gasteiger partial charge in [-0.15, -0.1) is 0 Å². The minimum Gasteiger partial charge on any atom is -0.458 e. The van der Waals surface area contributed by atoms with Crippen molar-refractivity contribution < 1.29 is 14.6 Å². The molecule has 1 aromatic rings. The zero-order valence-electron chi connectivity index (χ0n) is 12.6. The van der Waals surface area contributed by atoms with Crippen LogP contribution in [0.3, 0.4) is 0 Å². The van der Waals surface area contributed by atoms with Crippen molar-refractivity contribution in [2.45, 2.75) is 38.7 Å². The van der Waals surface area contributed by atoms with E-state index in [0.29, 0.717) is 23.3 Å². The van der Waals surface area contributed by atoms with Crippen molar-refractivity contribution in [3.63, 3.8) is 0 Å². The number of fused-ring (bicyclic) bond motifs is 2. The van der Waals surface area contributed by atoms with Gasteiger partial charge in [0.2, 0.25) is 0 Å². The first kappa shape index (κ1) is 14.6. The Labute approximate surface area is 126 Å². The Hall–Kier alpha value is -1.35. The van der Waals surface area contributed by atoms with Gasteiger partial charge in [0.15, 0.2) is 0 Å². The lowest BCUT2D eigenvalue weighted by molar-refractivity contribution is -0.0707. The molecule has 5 unspecified atom stereocenters. The van der Waals surface area contributed by atoms with Gasteiger partial charge in [-0.1, -0.05) is 25.1 Å². The second-order valence-electron chi connectivity index (χ2n) is 6.85. The van der Waals surface area contributed by atoms with E-state index in [1.165, 1.54) is 6.42 Å². The van der Waals surface area contributed by atoms with Gasteiger partial charge in [0.1, 0.15) is 6.10 Å². The highest BCUT2D eigenvalue weighted by Gasteiger charge is 2.43. The van der Waals surface area contributed by atoms with Crippen LogP contribution in [0.5, 0.6) is 0 Å². The summed E-state index contributed by atoms with van der Waals surface area (Å²) in [6.45, 7) is 2.41. The fraction of sp³-hybridized carbons (Fsp3) is 0.611. The Balaban J connectivity index is 1.74. The summed E-state index contributed by atoms with van der Waals surface area (Å²) in [6, 6.07) is 9.15. The second kappa shape index (κ2) is 6.18. The fourth-order valence-corrected chi connectivity index (χ4v) is 4.35. The first-order valence-corrected chi connectivity index (χ1v) is 8.04. The maximum Gasteiger partial charge on any atom is 0.338 e. The van der Waals surface area contributed by atoms with E-state index in [1.54, 1.807) is 12.1 Å². The Morgan fingerprint density at radius 1 is 1.19 bits per heavy atom. The van der Waals surface area contributed by atoms with E-state index in [2.05, 4.69) is 6.92 Å². The molecule has 0 heterocycles. The molecule has 2 aliphatic carbocycles. The van der Waals surface area contributed by atoms with Crippen LogP contribution in [0.2, 0.25) is 0 Å². The molecule has 5 atom stereocenters. The van der Waals surface area contributed by atoms with E-state index < -0.39 is 0 Å². The molecule has 1 N–H and O–H groups in total. The molecule has 2 aliphatic rings. The van der Waals surface area contributed by atoms with Gasteiger partial charge < -0.3 is 9.84 Å². The summed E-state index contributed by atoms with van der Waals surface area (Å²) in [4.78, 5) is 12.3. The molecule has 0 amide bonds. The van der Waals surface area contributed by atoms with E-state index in [9.17, 15) is 9.90 Å². The third-order valence-electron chi connectivity index (χ3n) is 5.13. The number of hydrogen-bond acceptors (Lipinski definition) is 3. The molecular weight excluding hydrogens is 264 g/mol. The van der Waals surface area contributed by atoms with Crippen LogP contribution in [-0.2, 0) is 4.74 Å². The summed E-state index contributed by atoms with van der Waals surface area (Å²) in [5.41, 5.74) is 0.597. The topological polar surface area (TPSA) is 46.5 Å². The molecule has 114 valence electrons. The molecule has 2 saturated carbocycles. The van der Waals surface area contributed by atoms with Gasteiger partial charge in [0.25, 0.3) is 0 Å². The van der Waals surface area contributed by atoms with Crippen molar-refractivity contribution in [2.24, 2.45) is 23.7 Å². The van der Waals surface area contributed by atoms with Crippen molar-refractivity contribution in [3.05, 3.63) is 35.9 Å². The summed E-state index contributed by atoms with van der Waals surface area (Å²) in [7, 11) is 0. The molecule has 0 spiro atoms. The molecule has 0 aromatic heterocycles. The minimum absolute atomic E-state index is 0.105. The largest absolute Gasteiger partial charge is 0.458 e. The molecule has 3 rings (SSSR count). The van der Waals surface area contributed by atoms with E-state index in [4.69, 9.17) is 4.74 Å². The summed E-state index contributed by atoms with van der Waals surface area (Å²) in [6.07, 6.45) is 4.38. The smallest absolute Gasteiger partial charge is 0.338 e. The van der Waals surface area contributed by atoms with Crippen molar-refractivity contribution in [1.29, 1.82) is 0 Å². The Kier molecular flexibility index (Phi) is 4.29. The molecule has 0 aliphatic heterocycles. The van der Waals surface area contributed by atoms with E-state index >= 15 is 0 Å². The van der Waals surface area contributed by atoms with Crippen molar-refractivity contribution >= 4 is 5.97 Å². The third kappa shape index (κ3) is 3.13. The number of ether oxygens (including phenoxy) is 1. The Morgan fingerprint density at radius 3 is 2.67 bits per heavy atom. The molecule has 2 fully saturated rings. The van der Waals surface area contributed by atoms with Crippen LogP contribution in [0.25, 0.3) is 0 Å². The molecule has 2 bridgehead atoms. The summed E-state index contributed by atoms with van der Waals surface area (Å²) >= 11 is 0. The molecule has 3 nitrogen and oxygen atoms in total. The van der Waals surface area contributed by atoms with Gasteiger partial charge in [-0.25, -0.2) is 4.79 Å². The lowest BCUT2D eigenvalue weighted by Gasteiger charge is -2.46. The predicted octanol–water partition coefficient (Wildman–Crippen LogP) is 3.28. The first-order valence-electron chi connectivity index (χ1n) is 8.04. The zero-order chi connectivity index (χ0) is 14.8. The van der Waals surface area contributed by atoms with Crippen LogP contribution in [-0.4, -0.2) is 23.8 Å². The van der Waals surface area contributed by atoms with Crippen LogP contribution >= 0.6 is 0 Å². The van der Waals surface area contributed by atoms with Crippen LogP contribution in [0.4, 0.5) is 0 Å². The molecular formula is C18H24O3. The van der Waals surface area contributed by atoms with Gasteiger partial charge in [0.05, 0.1) is 5.56 Å². The van der Waals surface area contributed by atoms with E-state index in [-0.39, 0.29) is 24.6 Å². The first-order chi connectivity index (χ1) is 10.2. The third-order valence-corrected chi connectivity index (χ3v) is 5.13. The number of carbonyl (C=O) groups excluding carboxylic acids is 1. The standard InChI is InChI=1S/C18H24O3/c1-12-7-13-9-15(8-12)17(16(10-13)11-19)21-18(20)14-5-3-2-4-6-14/h2-6,12-13,15-17,19H,7-11H2,1H3. The second-order valence-corrected chi connectivity index (χ2v) is 6.85. The number of hydrogen-bond donors (Lipinski definition) is 1. The van der Waals surface area contributed by atoms with Gasteiger partial charge >= 0.3 is 5.97 Å². The van der Waals surface area contributed by atoms with Crippen LogP contribution < -0.4 is 0 Å². The summed E-state index contributed by atoms with van der Waals surface area (Å²) in [5.74, 6) is 1.66. The summed E-state index contributed by atoms with van der Waals surface area (Å²) < 4.78 is 5.82. The highest BCUT2D eigenvalue weighted by molar-refractivity contribution is 5.89. The number of benzene rings is 1. The fourth-order valence-electron chi connectivity index (χ4n) is 4.35. The van der Waals surface area contributed by atoms with Gasteiger partial charge in [-0.3, -0.25) is 0 Å². The minimum atomic E-state index is -0.254. The number of aliphatic hydroxyl groups excluding tert-OH is 1. The van der Waals surface area contributed by atoms with E-state index in [1.807, 2.05) is 18.2 Å². The average Bonchev–Trinajstić information content (AvgIpc) is 2.50. The maximum absolute atomic E-state index is 12.3. The normalized spacial score (nSPS) is 35.2. The zero-order valence-corrected chi connectivity index (χ0v) is 12.6. The molecule has 3 heteroatoms. The SMILES string of the molecule is CC1CC2CC(CO)C(OC(=O)c3ccccc3)C(C1)C2. The van der Waals surface area contributed by atoms with Crippen LogP contribution in [0, 0.1) is 23.7 Å². The highest BCUT2D eigenvalue weighted by atomic mass is 16.5. The lowest BCUT2D eigenvalue weighted by Crippen LogP contribution is -2.45. The van der Waals surface area contributed by atoms with Crippen molar-refractivity contribution in [3.8, 4) is 0 Å². The highest BCUT2D eigenvalue weighted by Crippen LogP contribution is 2.46. The van der Waals surface area contributed by atoms with Crippen molar-refractivity contribution in [2.75, 3.05) is 6.61 Å². The van der Waals surface area contributed by atoms with Crippen LogP contribution in [0.1, 0.15) is 43.0 Å². The van der Waals surface area contributed by atoms with Gasteiger partial charge in [0, 0.05) is 12.5 Å². The quantitative estimate of drug-likeness (QED) is 0.868. The van der Waals surface area contributed by atoms with Gasteiger partial charge in [-0.05, 0) is 55.6 Å². The number of rotatable bonds is 3. The average molecular weight is 288 g/mol. The van der Waals surface area contributed by atoms with E-state index in [0.717, 1.165) is 19.3 Å². The number of esters is 1. The van der Waals surface area contributed by atoms with Crippen LogP contribution in [0.15, 0.2) is 30.3 Å².